The second-order valence-electron chi connectivity index (χ2n) is 4.29. The van der Waals surface area contributed by atoms with Crippen molar-refractivity contribution >= 4 is 34.7 Å². The SMILES string of the molecule is CCC[C@H]1CC(=O)N([C@@H](CC)C(=O)NI)C1. The summed E-state index contributed by atoms with van der Waals surface area (Å²) in [5, 5.41) is 0. The highest BCUT2D eigenvalue weighted by Crippen LogP contribution is 2.25. The van der Waals surface area contributed by atoms with Crippen molar-refractivity contribution in [1.82, 2.24) is 8.43 Å². The second-order valence-corrected chi connectivity index (χ2v) is 4.83. The van der Waals surface area contributed by atoms with Gasteiger partial charge in [-0.2, -0.15) is 0 Å². The van der Waals surface area contributed by atoms with Gasteiger partial charge in [0.2, 0.25) is 5.91 Å². The fourth-order valence-electron chi connectivity index (χ4n) is 2.32. The van der Waals surface area contributed by atoms with Gasteiger partial charge in [0.25, 0.3) is 5.91 Å². The minimum absolute atomic E-state index is 0.0615. The molecule has 0 spiro atoms. The summed E-state index contributed by atoms with van der Waals surface area (Å²) in [7, 11) is 0. The van der Waals surface area contributed by atoms with E-state index in [1.807, 2.05) is 29.8 Å². The lowest BCUT2D eigenvalue weighted by Gasteiger charge is -2.25. The fraction of sp³-hybridized carbons (Fsp3) is 0.818. The molecule has 1 rings (SSSR count). The molecule has 0 radical (unpaired) electrons. The molecule has 2 atom stereocenters. The van der Waals surface area contributed by atoms with Gasteiger partial charge in [-0.3, -0.25) is 13.1 Å². The highest BCUT2D eigenvalue weighted by atomic mass is 127. The third kappa shape index (κ3) is 3.09. The Kier molecular flexibility index (Phi) is 5.51. The molecule has 0 aromatic heterocycles. The van der Waals surface area contributed by atoms with Crippen LogP contribution in [0.1, 0.15) is 39.5 Å². The van der Waals surface area contributed by atoms with E-state index in [1.165, 1.54) is 0 Å². The molecular formula is C11H19IN2O2. The van der Waals surface area contributed by atoms with Gasteiger partial charge in [-0.25, -0.2) is 0 Å². The van der Waals surface area contributed by atoms with Crippen molar-refractivity contribution in [3.05, 3.63) is 0 Å². The molecule has 92 valence electrons. The average molecular weight is 338 g/mol. The number of carbonyl (C=O) groups excluding carboxylic acids is 2. The Morgan fingerprint density at radius 3 is 2.81 bits per heavy atom. The highest BCUT2D eigenvalue weighted by molar-refractivity contribution is 14.1. The van der Waals surface area contributed by atoms with E-state index in [2.05, 4.69) is 10.5 Å². The summed E-state index contributed by atoms with van der Waals surface area (Å²) in [5.74, 6) is 0.507. The van der Waals surface area contributed by atoms with Crippen LogP contribution in [0.15, 0.2) is 0 Å². The Hall–Kier alpha value is -0.330. The van der Waals surface area contributed by atoms with Gasteiger partial charge in [0.15, 0.2) is 0 Å². The third-order valence-corrected chi connectivity index (χ3v) is 3.63. The van der Waals surface area contributed by atoms with Gasteiger partial charge < -0.3 is 4.90 Å². The van der Waals surface area contributed by atoms with E-state index < -0.39 is 0 Å². The summed E-state index contributed by atoms with van der Waals surface area (Å²) in [5.41, 5.74) is 0. The largest absolute Gasteiger partial charge is 0.330 e. The number of carbonyl (C=O) groups is 2. The molecule has 2 amide bonds. The topological polar surface area (TPSA) is 49.4 Å². The standard InChI is InChI=1S/C11H19IN2O2/c1-3-5-8-6-10(15)14(7-8)9(4-2)11(16)13-12/h8-9H,3-7H2,1-2H3,(H,13,16)/t8-,9-/m0/s1. The molecule has 1 fully saturated rings. The molecule has 0 aliphatic carbocycles. The van der Waals surface area contributed by atoms with Gasteiger partial charge in [-0.15, -0.1) is 0 Å². The Balaban J connectivity index is 2.65. The molecule has 1 aliphatic rings. The zero-order valence-corrected chi connectivity index (χ0v) is 12.0. The molecule has 0 saturated carbocycles. The first-order chi connectivity index (χ1) is 7.63. The van der Waals surface area contributed by atoms with Gasteiger partial charge in [0.1, 0.15) is 6.04 Å². The first-order valence-electron chi connectivity index (χ1n) is 5.83. The molecule has 0 aromatic rings. The van der Waals surface area contributed by atoms with E-state index in [4.69, 9.17) is 0 Å². The summed E-state index contributed by atoms with van der Waals surface area (Å²) in [6.45, 7) is 4.81. The maximum atomic E-state index is 11.8. The summed E-state index contributed by atoms with van der Waals surface area (Å²) in [4.78, 5) is 25.2. The molecule has 1 saturated heterocycles. The van der Waals surface area contributed by atoms with Gasteiger partial charge in [0, 0.05) is 13.0 Å². The monoisotopic (exact) mass is 338 g/mol. The summed E-state index contributed by atoms with van der Waals surface area (Å²) in [6, 6.07) is -0.286. The first-order valence-corrected chi connectivity index (χ1v) is 6.91. The van der Waals surface area contributed by atoms with Crippen LogP contribution in [0.2, 0.25) is 0 Å². The van der Waals surface area contributed by atoms with Crippen molar-refractivity contribution in [2.75, 3.05) is 6.54 Å². The molecule has 4 nitrogen and oxygen atoms in total. The van der Waals surface area contributed by atoms with Gasteiger partial charge in [-0.05, 0) is 18.8 Å². The average Bonchev–Trinajstić information content (AvgIpc) is 2.61. The predicted octanol–water partition coefficient (Wildman–Crippen LogP) is 1.88. The minimum atomic E-state index is -0.286. The van der Waals surface area contributed by atoms with E-state index in [0.29, 0.717) is 18.8 Å². The third-order valence-electron chi connectivity index (χ3n) is 3.09. The van der Waals surface area contributed by atoms with Crippen LogP contribution in [0.3, 0.4) is 0 Å². The Morgan fingerprint density at radius 1 is 1.62 bits per heavy atom. The summed E-state index contributed by atoms with van der Waals surface area (Å²) in [6.07, 6.45) is 3.46. The molecule has 1 aliphatic heterocycles. The molecule has 5 heteroatoms. The Labute approximate surface area is 111 Å². The fourth-order valence-corrected chi connectivity index (χ4v) is 2.68. The number of amides is 2. The molecule has 0 unspecified atom stereocenters. The van der Waals surface area contributed by atoms with E-state index in [-0.39, 0.29) is 17.9 Å². The quantitative estimate of drug-likeness (QED) is 0.615. The van der Waals surface area contributed by atoms with Crippen LogP contribution in [-0.2, 0) is 9.59 Å². The van der Waals surface area contributed by atoms with Crippen molar-refractivity contribution in [3.8, 4) is 0 Å². The predicted molar refractivity (Wildman–Crippen MR) is 71.0 cm³/mol. The van der Waals surface area contributed by atoms with Crippen molar-refractivity contribution in [3.63, 3.8) is 0 Å². The molecule has 0 aromatic carbocycles. The van der Waals surface area contributed by atoms with Crippen molar-refractivity contribution in [2.24, 2.45) is 5.92 Å². The van der Waals surface area contributed by atoms with Crippen molar-refractivity contribution in [2.45, 2.75) is 45.6 Å². The van der Waals surface area contributed by atoms with Crippen LogP contribution in [0.4, 0.5) is 0 Å². The van der Waals surface area contributed by atoms with Crippen LogP contribution in [0.25, 0.3) is 0 Å². The number of hydrogen-bond acceptors (Lipinski definition) is 2. The number of nitrogens with zero attached hydrogens (tertiary/aromatic N) is 1. The maximum absolute atomic E-state index is 11.8. The minimum Gasteiger partial charge on any atom is -0.330 e. The maximum Gasteiger partial charge on any atom is 0.251 e. The van der Waals surface area contributed by atoms with Crippen molar-refractivity contribution in [1.29, 1.82) is 0 Å². The number of hydrogen-bond donors (Lipinski definition) is 1. The van der Waals surface area contributed by atoms with E-state index >= 15 is 0 Å². The molecule has 0 bridgehead atoms. The second kappa shape index (κ2) is 6.42. The van der Waals surface area contributed by atoms with E-state index in [1.54, 1.807) is 4.90 Å². The van der Waals surface area contributed by atoms with E-state index in [9.17, 15) is 9.59 Å². The molecule has 16 heavy (non-hydrogen) atoms. The smallest absolute Gasteiger partial charge is 0.251 e. The van der Waals surface area contributed by atoms with Gasteiger partial charge in [0.05, 0.1) is 22.9 Å². The molecule has 1 N–H and O–H groups in total. The number of likely N-dealkylation sites (tertiary alicyclic amines) is 1. The lowest BCUT2D eigenvalue weighted by Crippen LogP contribution is -2.45. The van der Waals surface area contributed by atoms with Crippen molar-refractivity contribution < 1.29 is 9.59 Å². The number of nitrogens with one attached hydrogen (secondary N) is 1. The Bertz CT molecular complexity index is 271. The van der Waals surface area contributed by atoms with Crippen LogP contribution >= 0.6 is 22.9 Å². The molecule has 1 heterocycles. The van der Waals surface area contributed by atoms with Gasteiger partial charge in [-0.1, -0.05) is 20.3 Å². The zero-order valence-electron chi connectivity index (χ0n) is 9.83. The van der Waals surface area contributed by atoms with Crippen LogP contribution in [0, 0.1) is 5.92 Å². The Morgan fingerprint density at radius 2 is 2.31 bits per heavy atom. The van der Waals surface area contributed by atoms with Crippen LogP contribution in [0.5, 0.6) is 0 Å². The van der Waals surface area contributed by atoms with Crippen LogP contribution < -0.4 is 3.53 Å². The number of rotatable bonds is 5. The first kappa shape index (κ1) is 13.7. The lowest BCUT2D eigenvalue weighted by molar-refractivity contribution is -0.136. The summed E-state index contributed by atoms with van der Waals surface area (Å²) >= 11 is 1.83. The normalized spacial score (nSPS) is 22.3. The number of halogens is 1. The van der Waals surface area contributed by atoms with Gasteiger partial charge >= 0.3 is 0 Å². The zero-order chi connectivity index (χ0) is 12.1. The van der Waals surface area contributed by atoms with Crippen LogP contribution in [-0.4, -0.2) is 29.3 Å². The summed E-state index contributed by atoms with van der Waals surface area (Å²) < 4.78 is 2.60. The highest BCUT2D eigenvalue weighted by Gasteiger charge is 2.35. The lowest BCUT2D eigenvalue weighted by atomic mass is 10.0. The van der Waals surface area contributed by atoms with E-state index in [0.717, 1.165) is 19.4 Å². The molecular weight excluding hydrogens is 319 g/mol.